The summed E-state index contributed by atoms with van der Waals surface area (Å²) in [5.41, 5.74) is 1.34. The van der Waals surface area contributed by atoms with Crippen LogP contribution in [0.3, 0.4) is 0 Å². The van der Waals surface area contributed by atoms with Crippen molar-refractivity contribution in [2.45, 2.75) is 18.9 Å². The van der Waals surface area contributed by atoms with E-state index in [9.17, 15) is 9.59 Å². The smallest absolute Gasteiger partial charge is 0.326 e. The molecule has 1 fully saturated rings. The van der Waals surface area contributed by atoms with Gasteiger partial charge in [-0.15, -0.1) is 0 Å². The fourth-order valence-electron chi connectivity index (χ4n) is 2.22. The summed E-state index contributed by atoms with van der Waals surface area (Å²) < 4.78 is 0. The van der Waals surface area contributed by atoms with Crippen molar-refractivity contribution in [1.82, 2.24) is 10.3 Å². The van der Waals surface area contributed by atoms with Crippen molar-refractivity contribution in [2.24, 2.45) is 5.92 Å². The van der Waals surface area contributed by atoms with Gasteiger partial charge in [-0.3, -0.25) is 4.79 Å². The lowest BCUT2D eigenvalue weighted by atomic mass is 10.1. The number of carbonyl (C=O) groups excluding carboxylic acids is 1. The highest BCUT2D eigenvalue weighted by molar-refractivity contribution is 5.99. The molecule has 0 aliphatic heterocycles. The summed E-state index contributed by atoms with van der Waals surface area (Å²) >= 11 is 0. The molecule has 0 radical (unpaired) electrons. The summed E-state index contributed by atoms with van der Waals surface area (Å²) in [5.74, 6) is -1.22. The molecule has 3 rings (SSSR count). The first-order valence-corrected chi connectivity index (χ1v) is 6.26. The Balaban J connectivity index is 1.80. The molecule has 1 aromatic heterocycles. The van der Waals surface area contributed by atoms with Gasteiger partial charge < -0.3 is 15.4 Å². The number of aromatic nitrogens is 1. The van der Waals surface area contributed by atoms with E-state index < -0.39 is 12.0 Å². The first-order chi connectivity index (χ1) is 9.15. The van der Waals surface area contributed by atoms with E-state index in [0.717, 1.165) is 23.7 Å². The van der Waals surface area contributed by atoms with E-state index >= 15 is 0 Å². The van der Waals surface area contributed by atoms with Gasteiger partial charge in [-0.25, -0.2) is 4.79 Å². The largest absolute Gasteiger partial charge is 0.480 e. The predicted octanol–water partition coefficient (Wildman–Crippen LogP) is 1.76. The molecule has 0 bridgehead atoms. The SMILES string of the molecule is O=C(NC(C(=O)O)C1CC1)c1ccc2cc[nH]c2c1. The zero-order valence-electron chi connectivity index (χ0n) is 10.2. The Morgan fingerprint density at radius 3 is 2.79 bits per heavy atom. The second-order valence-corrected chi connectivity index (χ2v) is 4.91. The number of aliphatic carboxylic acids is 1. The van der Waals surface area contributed by atoms with Crippen molar-refractivity contribution in [3.63, 3.8) is 0 Å². The van der Waals surface area contributed by atoms with Gasteiger partial charge in [0.25, 0.3) is 5.91 Å². The van der Waals surface area contributed by atoms with Crippen LogP contribution in [0.2, 0.25) is 0 Å². The minimum atomic E-state index is -0.961. The van der Waals surface area contributed by atoms with Gasteiger partial charge in [0.1, 0.15) is 6.04 Å². The maximum atomic E-state index is 12.1. The number of benzene rings is 1. The van der Waals surface area contributed by atoms with E-state index in [1.807, 2.05) is 12.1 Å². The van der Waals surface area contributed by atoms with Crippen molar-refractivity contribution < 1.29 is 14.7 Å². The third-order valence-corrected chi connectivity index (χ3v) is 3.46. The first kappa shape index (κ1) is 11.8. The molecule has 3 N–H and O–H groups in total. The van der Waals surface area contributed by atoms with E-state index in [2.05, 4.69) is 10.3 Å². The Kier molecular flexibility index (Phi) is 2.74. The zero-order valence-corrected chi connectivity index (χ0v) is 10.2. The Morgan fingerprint density at radius 1 is 1.32 bits per heavy atom. The standard InChI is InChI=1S/C14H14N2O3/c17-13(16-12(14(18)19)9-2-3-9)10-4-1-8-5-6-15-11(8)7-10/h1,4-7,9,12,15H,2-3H2,(H,16,17)(H,18,19). The number of hydrogen-bond acceptors (Lipinski definition) is 2. The van der Waals surface area contributed by atoms with Gasteiger partial charge in [-0.05, 0) is 42.3 Å². The number of fused-ring (bicyclic) bond motifs is 1. The Morgan fingerprint density at radius 2 is 2.11 bits per heavy atom. The van der Waals surface area contributed by atoms with Gasteiger partial charge in [-0.2, -0.15) is 0 Å². The monoisotopic (exact) mass is 258 g/mol. The lowest BCUT2D eigenvalue weighted by Crippen LogP contribution is -2.42. The molecule has 5 heteroatoms. The number of amides is 1. The zero-order chi connectivity index (χ0) is 13.4. The van der Waals surface area contributed by atoms with Crippen molar-refractivity contribution in [3.05, 3.63) is 36.0 Å². The third kappa shape index (κ3) is 2.31. The summed E-state index contributed by atoms with van der Waals surface area (Å²) in [6, 6.07) is 6.43. The topological polar surface area (TPSA) is 82.2 Å². The lowest BCUT2D eigenvalue weighted by Gasteiger charge is -2.13. The number of carboxylic acids is 1. The van der Waals surface area contributed by atoms with E-state index in [0.29, 0.717) is 5.56 Å². The first-order valence-electron chi connectivity index (χ1n) is 6.26. The number of hydrogen-bond donors (Lipinski definition) is 3. The minimum absolute atomic E-state index is 0.0793. The van der Waals surface area contributed by atoms with Crippen LogP contribution in [0.15, 0.2) is 30.5 Å². The molecule has 1 aliphatic rings. The highest BCUT2D eigenvalue weighted by Crippen LogP contribution is 2.32. The third-order valence-electron chi connectivity index (χ3n) is 3.46. The molecule has 1 aliphatic carbocycles. The summed E-state index contributed by atoms with van der Waals surface area (Å²) in [6.07, 6.45) is 3.54. The second-order valence-electron chi connectivity index (χ2n) is 4.91. The molecule has 19 heavy (non-hydrogen) atoms. The molecule has 0 spiro atoms. The average molecular weight is 258 g/mol. The quantitative estimate of drug-likeness (QED) is 0.781. The summed E-state index contributed by atoms with van der Waals surface area (Å²) in [5, 5.41) is 12.7. The number of carbonyl (C=O) groups is 2. The van der Waals surface area contributed by atoms with Crippen molar-refractivity contribution in [3.8, 4) is 0 Å². The maximum absolute atomic E-state index is 12.1. The predicted molar refractivity (Wildman–Crippen MR) is 69.9 cm³/mol. The van der Waals surface area contributed by atoms with Gasteiger partial charge in [0.05, 0.1) is 0 Å². The van der Waals surface area contributed by atoms with Crippen molar-refractivity contribution >= 4 is 22.8 Å². The van der Waals surface area contributed by atoms with Crippen molar-refractivity contribution in [2.75, 3.05) is 0 Å². The van der Waals surface area contributed by atoms with Gasteiger partial charge in [0, 0.05) is 17.3 Å². The Labute approximate surface area is 109 Å². The maximum Gasteiger partial charge on any atom is 0.326 e. The Bertz CT molecular complexity index is 643. The molecule has 1 atom stereocenters. The van der Waals surface area contributed by atoms with Crippen LogP contribution in [-0.4, -0.2) is 28.0 Å². The molecule has 5 nitrogen and oxygen atoms in total. The molecule has 2 aromatic rings. The normalized spacial score (nSPS) is 16.2. The van der Waals surface area contributed by atoms with Crippen LogP contribution in [0, 0.1) is 5.92 Å². The fourth-order valence-corrected chi connectivity index (χ4v) is 2.22. The molecule has 1 amide bonds. The molecule has 1 aromatic carbocycles. The van der Waals surface area contributed by atoms with Crippen LogP contribution in [0.5, 0.6) is 0 Å². The molecule has 1 saturated carbocycles. The number of H-pyrrole nitrogens is 1. The van der Waals surface area contributed by atoms with E-state index in [1.54, 1.807) is 18.3 Å². The van der Waals surface area contributed by atoms with E-state index in [1.165, 1.54) is 0 Å². The van der Waals surface area contributed by atoms with E-state index in [-0.39, 0.29) is 11.8 Å². The molecular weight excluding hydrogens is 244 g/mol. The average Bonchev–Trinajstić information content (AvgIpc) is 3.11. The second kappa shape index (κ2) is 4.42. The minimum Gasteiger partial charge on any atom is -0.480 e. The van der Waals surface area contributed by atoms with Crippen LogP contribution < -0.4 is 5.32 Å². The summed E-state index contributed by atoms with van der Waals surface area (Å²) in [4.78, 5) is 26.2. The molecule has 1 unspecified atom stereocenters. The highest BCUT2D eigenvalue weighted by atomic mass is 16.4. The Hall–Kier alpha value is -2.30. The van der Waals surface area contributed by atoms with Gasteiger partial charge in [0.2, 0.25) is 0 Å². The van der Waals surface area contributed by atoms with Crippen LogP contribution in [0.1, 0.15) is 23.2 Å². The lowest BCUT2D eigenvalue weighted by molar-refractivity contribution is -0.139. The summed E-state index contributed by atoms with van der Waals surface area (Å²) in [6.45, 7) is 0. The van der Waals surface area contributed by atoms with Gasteiger partial charge in [0.15, 0.2) is 0 Å². The molecule has 1 heterocycles. The van der Waals surface area contributed by atoms with Gasteiger partial charge >= 0.3 is 5.97 Å². The highest BCUT2D eigenvalue weighted by Gasteiger charge is 2.37. The van der Waals surface area contributed by atoms with E-state index in [4.69, 9.17) is 5.11 Å². The number of aromatic amines is 1. The van der Waals surface area contributed by atoms with Crippen LogP contribution in [0.4, 0.5) is 0 Å². The van der Waals surface area contributed by atoms with Crippen LogP contribution in [-0.2, 0) is 4.79 Å². The van der Waals surface area contributed by atoms with Crippen LogP contribution in [0.25, 0.3) is 10.9 Å². The fraction of sp³-hybridized carbons (Fsp3) is 0.286. The van der Waals surface area contributed by atoms with Crippen molar-refractivity contribution in [1.29, 1.82) is 0 Å². The number of rotatable bonds is 4. The molecule has 0 saturated heterocycles. The van der Waals surface area contributed by atoms with Crippen LogP contribution >= 0.6 is 0 Å². The van der Waals surface area contributed by atoms with Gasteiger partial charge in [-0.1, -0.05) is 6.07 Å². The molecular formula is C14H14N2O3. The molecule has 98 valence electrons. The summed E-state index contributed by atoms with van der Waals surface area (Å²) in [7, 11) is 0. The number of carboxylic acid groups (broad SMARTS) is 1. The number of nitrogens with one attached hydrogen (secondary N) is 2.